The maximum absolute atomic E-state index is 12.9. The summed E-state index contributed by atoms with van der Waals surface area (Å²) in [6, 6.07) is 0. The molecular weight excluding hydrogens is 454 g/mol. The largest absolute Gasteiger partial charge is 0.393 e. The molecule has 8 heteroatoms. The average molecular weight is 490 g/mol. The van der Waals surface area contributed by atoms with E-state index in [1.54, 1.807) is 0 Å². The summed E-state index contributed by atoms with van der Waals surface area (Å²) in [6.07, 6.45) is 7.59. The summed E-state index contributed by atoms with van der Waals surface area (Å²) in [5, 5.41) is 11.3. The predicted molar refractivity (Wildman–Crippen MR) is 126 cm³/mol. The topological polar surface area (TPSA) is 101 Å². The number of carbonyl (C=O) groups is 4. The Bertz CT molecular complexity index is 945. The first-order valence-corrected chi connectivity index (χ1v) is 13.8. The van der Waals surface area contributed by atoms with Crippen LogP contribution < -0.4 is 0 Å². The van der Waals surface area contributed by atoms with E-state index in [1.807, 2.05) is 0 Å². The van der Waals surface area contributed by atoms with Crippen LogP contribution in [-0.4, -0.2) is 45.6 Å². The van der Waals surface area contributed by atoms with Crippen LogP contribution >= 0.6 is 11.8 Å². The number of rotatable bonds is 5. The number of nitrogens with zero attached hydrogens (tertiary/aromatic N) is 1. The molecule has 0 aromatic heterocycles. The molecule has 1 N–H and O–H groups in total. The van der Waals surface area contributed by atoms with E-state index in [-0.39, 0.29) is 42.0 Å². The molecule has 0 aromatic carbocycles. The van der Waals surface area contributed by atoms with Crippen molar-refractivity contribution in [3.8, 4) is 0 Å². The maximum Gasteiger partial charge on any atom is 0.334 e. The Labute approximate surface area is 205 Å². The minimum absolute atomic E-state index is 0.00291. The number of allylic oxidation sites excluding steroid dienone is 1. The number of ketones is 1. The summed E-state index contributed by atoms with van der Waals surface area (Å²) in [5.74, 6) is 0.688. The molecule has 0 bridgehead atoms. The molecule has 34 heavy (non-hydrogen) atoms. The van der Waals surface area contributed by atoms with Crippen molar-refractivity contribution in [3.05, 3.63) is 10.5 Å². The molecule has 0 aromatic rings. The Kier molecular flexibility index (Phi) is 6.20. The molecule has 5 rings (SSSR count). The standard InChI is InChI=1S/C26H35NO6S/c1-25-13-10-19(28)24(34-14-11-23(32)33-27-21(30)7-8-22(27)31)18(25)4-3-15-16-5-6-20(29)26(16,2)12-9-17(15)25/h15-17,20,29H,3-14H2,1-2H3. The Morgan fingerprint density at radius 3 is 2.47 bits per heavy atom. The Balaban J connectivity index is 1.28. The second-order valence-electron chi connectivity index (χ2n) is 11.3. The molecule has 2 amide bonds. The van der Waals surface area contributed by atoms with Gasteiger partial charge in [0.2, 0.25) is 0 Å². The number of aliphatic hydroxyl groups excluding tert-OH is 1. The van der Waals surface area contributed by atoms with E-state index >= 15 is 0 Å². The van der Waals surface area contributed by atoms with E-state index in [1.165, 1.54) is 17.3 Å². The first kappa shape index (κ1) is 24.0. The highest BCUT2D eigenvalue weighted by Crippen LogP contribution is 2.66. The van der Waals surface area contributed by atoms with Gasteiger partial charge in [-0.3, -0.25) is 14.4 Å². The van der Waals surface area contributed by atoms with Crippen LogP contribution in [0.1, 0.15) is 84.5 Å². The van der Waals surface area contributed by atoms with Crippen molar-refractivity contribution in [1.29, 1.82) is 0 Å². The molecule has 0 spiro atoms. The second kappa shape index (κ2) is 8.77. The molecule has 186 valence electrons. The van der Waals surface area contributed by atoms with Crippen LogP contribution in [0.5, 0.6) is 0 Å². The lowest BCUT2D eigenvalue weighted by Crippen LogP contribution is -2.51. The molecule has 7 nitrogen and oxygen atoms in total. The summed E-state index contributed by atoms with van der Waals surface area (Å²) < 4.78 is 0. The summed E-state index contributed by atoms with van der Waals surface area (Å²) >= 11 is 1.44. The highest BCUT2D eigenvalue weighted by Gasteiger charge is 2.59. The molecular formula is C26H35NO6S. The molecule has 4 aliphatic carbocycles. The van der Waals surface area contributed by atoms with Crippen LogP contribution in [0.3, 0.4) is 0 Å². The molecule has 5 aliphatic rings. The number of hydroxylamine groups is 2. The van der Waals surface area contributed by atoms with Gasteiger partial charge in [-0.2, -0.15) is 0 Å². The van der Waals surface area contributed by atoms with Crippen LogP contribution in [-0.2, 0) is 24.0 Å². The van der Waals surface area contributed by atoms with E-state index in [2.05, 4.69) is 13.8 Å². The van der Waals surface area contributed by atoms with Crippen LogP contribution in [0.4, 0.5) is 0 Å². The Morgan fingerprint density at radius 2 is 1.74 bits per heavy atom. The number of aliphatic hydroxyl groups is 1. The molecule has 1 saturated heterocycles. The van der Waals surface area contributed by atoms with E-state index in [0.717, 1.165) is 49.9 Å². The summed E-state index contributed by atoms with van der Waals surface area (Å²) in [6.45, 7) is 4.63. The zero-order valence-electron chi connectivity index (χ0n) is 20.1. The zero-order valence-corrected chi connectivity index (χ0v) is 21.0. The van der Waals surface area contributed by atoms with Gasteiger partial charge in [-0.15, -0.1) is 16.8 Å². The van der Waals surface area contributed by atoms with Gasteiger partial charge in [0, 0.05) is 25.0 Å². The number of hydrogen-bond donors (Lipinski definition) is 1. The summed E-state index contributed by atoms with van der Waals surface area (Å²) in [4.78, 5) is 54.3. The monoisotopic (exact) mass is 489 g/mol. The van der Waals surface area contributed by atoms with E-state index in [4.69, 9.17) is 4.84 Å². The number of thioether (sulfide) groups is 1. The van der Waals surface area contributed by atoms with Crippen molar-refractivity contribution in [2.45, 2.75) is 90.6 Å². The smallest absolute Gasteiger partial charge is 0.334 e. The molecule has 4 fully saturated rings. The fraction of sp³-hybridized carbons (Fsp3) is 0.769. The minimum Gasteiger partial charge on any atom is -0.393 e. The van der Waals surface area contributed by atoms with Gasteiger partial charge < -0.3 is 9.94 Å². The van der Waals surface area contributed by atoms with Gasteiger partial charge in [-0.05, 0) is 79.1 Å². The van der Waals surface area contributed by atoms with Crippen molar-refractivity contribution >= 4 is 35.3 Å². The third-order valence-electron chi connectivity index (χ3n) is 9.77. The molecule has 0 radical (unpaired) electrons. The van der Waals surface area contributed by atoms with Gasteiger partial charge in [0.15, 0.2) is 5.78 Å². The van der Waals surface area contributed by atoms with E-state index < -0.39 is 17.8 Å². The number of carbonyl (C=O) groups excluding carboxylic acids is 4. The number of hydrogen-bond acceptors (Lipinski definition) is 7. The quantitative estimate of drug-likeness (QED) is 0.584. The number of amides is 2. The van der Waals surface area contributed by atoms with Crippen LogP contribution in [0.15, 0.2) is 10.5 Å². The van der Waals surface area contributed by atoms with Crippen molar-refractivity contribution < 1.29 is 29.1 Å². The van der Waals surface area contributed by atoms with E-state index in [9.17, 15) is 24.3 Å². The Morgan fingerprint density at radius 1 is 1.00 bits per heavy atom. The third kappa shape index (κ3) is 3.76. The van der Waals surface area contributed by atoms with Gasteiger partial charge in [0.25, 0.3) is 11.8 Å². The van der Waals surface area contributed by atoms with Crippen LogP contribution in [0.2, 0.25) is 0 Å². The summed E-state index contributed by atoms with van der Waals surface area (Å²) in [5.41, 5.74) is 1.32. The highest BCUT2D eigenvalue weighted by atomic mass is 32.2. The van der Waals surface area contributed by atoms with Gasteiger partial charge in [-0.25, -0.2) is 4.79 Å². The third-order valence-corrected chi connectivity index (χ3v) is 10.9. The highest BCUT2D eigenvalue weighted by molar-refractivity contribution is 8.04. The SMILES string of the molecule is CC12CCC(=O)C(SCCC(=O)ON3C(=O)CCC3=O)=C1CCC1C2CCC2(C)C(O)CCC12. The average Bonchev–Trinajstić information content (AvgIpc) is 3.28. The minimum atomic E-state index is -0.622. The maximum atomic E-state index is 12.9. The first-order valence-electron chi connectivity index (χ1n) is 12.8. The fourth-order valence-electron chi connectivity index (χ4n) is 7.85. The van der Waals surface area contributed by atoms with Gasteiger partial charge in [-0.1, -0.05) is 13.8 Å². The zero-order chi connectivity index (χ0) is 24.3. The normalized spacial score (nSPS) is 39.7. The Hall–Kier alpha value is -1.67. The fourth-order valence-corrected chi connectivity index (χ4v) is 9.09. The molecule has 1 aliphatic heterocycles. The first-order chi connectivity index (χ1) is 16.1. The molecule has 3 saturated carbocycles. The van der Waals surface area contributed by atoms with Gasteiger partial charge in [0.05, 0.1) is 17.4 Å². The molecule has 1 heterocycles. The van der Waals surface area contributed by atoms with Crippen molar-refractivity contribution in [2.75, 3.05) is 5.75 Å². The van der Waals surface area contributed by atoms with Crippen molar-refractivity contribution in [3.63, 3.8) is 0 Å². The van der Waals surface area contributed by atoms with Crippen molar-refractivity contribution in [2.24, 2.45) is 28.6 Å². The lowest BCUT2D eigenvalue weighted by molar-refractivity contribution is -0.197. The second-order valence-corrected chi connectivity index (χ2v) is 12.5. The van der Waals surface area contributed by atoms with Gasteiger partial charge >= 0.3 is 5.97 Å². The molecule has 6 unspecified atom stereocenters. The number of Topliss-reactive ketones (excluding diaryl/α,β-unsaturated/α-hetero) is 1. The lowest BCUT2D eigenvalue weighted by atomic mass is 9.47. The number of fused-ring (bicyclic) bond motifs is 5. The van der Waals surface area contributed by atoms with Crippen LogP contribution in [0, 0.1) is 28.6 Å². The predicted octanol–water partition coefficient (Wildman–Crippen LogP) is 3.94. The number of imide groups is 1. The van der Waals surface area contributed by atoms with Crippen LogP contribution in [0.25, 0.3) is 0 Å². The summed E-state index contributed by atoms with van der Waals surface area (Å²) in [7, 11) is 0. The molecule has 6 atom stereocenters. The van der Waals surface area contributed by atoms with Crippen molar-refractivity contribution in [1.82, 2.24) is 5.06 Å². The van der Waals surface area contributed by atoms with Gasteiger partial charge in [0.1, 0.15) is 0 Å². The lowest BCUT2D eigenvalue weighted by Gasteiger charge is -2.58. The van der Waals surface area contributed by atoms with E-state index in [0.29, 0.717) is 35.0 Å².